The molecule has 0 saturated carbocycles. The van der Waals surface area contributed by atoms with Gasteiger partial charge in [0.2, 0.25) is 0 Å². The van der Waals surface area contributed by atoms with E-state index in [4.69, 9.17) is 19.9 Å². The Morgan fingerprint density at radius 1 is 1.32 bits per heavy atom. The van der Waals surface area contributed by atoms with Crippen molar-refractivity contribution in [2.24, 2.45) is 0 Å². The highest BCUT2D eigenvalue weighted by atomic mass is 16.6. The first-order valence-electron chi connectivity index (χ1n) is 8.57. The minimum Gasteiger partial charge on any atom is -0.495 e. The van der Waals surface area contributed by atoms with E-state index in [1.807, 2.05) is 32.9 Å². The summed E-state index contributed by atoms with van der Waals surface area (Å²) in [5, 5.41) is 0. The molecule has 7 nitrogen and oxygen atoms in total. The van der Waals surface area contributed by atoms with Crippen molar-refractivity contribution in [1.29, 1.82) is 0 Å². The highest BCUT2D eigenvalue weighted by Gasteiger charge is 2.34. The number of piperazine rings is 1. The maximum Gasteiger partial charge on any atom is 0.410 e. The molecule has 1 aromatic carbocycles. The Kier molecular flexibility index (Phi) is 4.69. The van der Waals surface area contributed by atoms with Crippen LogP contribution in [0.5, 0.6) is 5.75 Å². The van der Waals surface area contributed by atoms with Crippen molar-refractivity contribution in [3.05, 3.63) is 17.7 Å². The first-order valence-corrected chi connectivity index (χ1v) is 8.57. The maximum atomic E-state index is 12.4. The number of rotatable bonds is 1. The fourth-order valence-electron chi connectivity index (χ4n) is 3.31. The lowest BCUT2D eigenvalue weighted by atomic mass is 10.1. The molecule has 25 heavy (non-hydrogen) atoms. The van der Waals surface area contributed by atoms with Gasteiger partial charge in [-0.25, -0.2) is 4.79 Å². The van der Waals surface area contributed by atoms with Gasteiger partial charge in [0.1, 0.15) is 11.4 Å². The fraction of sp³-hybridized carbons (Fsp3) is 0.611. The molecule has 1 atom stereocenters. The van der Waals surface area contributed by atoms with Gasteiger partial charge in [0.25, 0.3) is 0 Å². The van der Waals surface area contributed by atoms with E-state index in [2.05, 4.69) is 4.90 Å². The van der Waals surface area contributed by atoms with Crippen molar-refractivity contribution < 1.29 is 19.0 Å². The van der Waals surface area contributed by atoms with Crippen LogP contribution in [0.15, 0.2) is 12.1 Å². The number of carbonyl (C=O) groups is 1. The molecule has 2 heterocycles. The van der Waals surface area contributed by atoms with E-state index in [-0.39, 0.29) is 12.1 Å². The topological polar surface area (TPSA) is 77.3 Å². The molecule has 2 N–H and O–H groups in total. The average molecular weight is 349 g/mol. The van der Waals surface area contributed by atoms with Crippen LogP contribution < -0.4 is 15.4 Å². The molecule has 1 amide bonds. The predicted molar refractivity (Wildman–Crippen MR) is 96.0 cm³/mol. The minimum atomic E-state index is -0.494. The molecular weight excluding hydrogens is 322 g/mol. The monoisotopic (exact) mass is 349 g/mol. The van der Waals surface area contributed by atoms with Crippen molar-refractivity contribution in [2.75, 3.05) is 44.0 Å². The third-order valence-corrected chi connectivity index (χ3v) is 4.44. The second-order valence-corrected chi connectivity index (χ2v) is 7.51. The fourth-order valence-corrected chi connectivity index (χ4v) is 3.31. The Morgan fingerprint density at radius 2 is 2.08 bits per heavy atom. The van der Waals surface area contributed by atoms with E-state index in [9.17, 15) is 4.79 Å². The summed E-state index contributed by atoms with van der Waals surface area (Å²) in [4.78, 5) is 16.4. The van der Waals surface area contributed by atoms with Crippen molar-refractivity contribution in [1.82, 2.24) is 4.90 Å². The smallest absolute Gasteiger partial charge is 0.410 e. The van der Waals surface area contributed by atoms with Gasteiger partial charge >= 0.3 is 6.09 Å². The lowest BCUT2D eigenvalue weighted by Gasteiger charge is -2.42. The van der Waals surface area contributed by atoms with Gasteiger partial charge in [-0.15, -0.1) is 0 Å². The molecule has 0 unspecified atom stereocenters. The van der Waals surface area contributed by atoms with Gasteiger partial charge in [-0.2, -0.15) is 0 Å². The molecule has 1 saturated heterocycles. The summed E-state index contributed by atoms with van der Waals surface area (Å²) in [6.45, 7) is 8.58. The van der Waals surface area contributed by atoms with Crippen molar-refractivity contribution in [3.63, 3.8) is 0 Å². The Bertz CT molecular complexity index is 656. The highest BCUT2D eigenvalue weighted by molar-refractivity contribution is 5.70. The molecule has 2 aliphatic heterocycles. The van der Waals surface area contributed by atoms with Gasteiger partial charge < -0.3 is 29.7 Å². The molecule has 0 aromatic heterocycles. The molecule has 138 valence electrons. The summed E-state index contributed by atoms with van der Waals surface area (Å²) in [6.07, 6.45) is -0.272. The molecule has 1 aromatic rings. The number of hydrogen-bond acceptors (Lipinski definition) is 6. The molecule has 1 fully saturated rings. The molecule has 0 radical (unpaired) electrons. The lowest BCUT2D eigenvalue weighted by Crippen LogP contribution is -2.56. The third kappa shape index (κ3) is 3.76. The summed E-state index contributed by atoms with van der Waals surface area (Å²) < 4.78 is 16.7. The van der Waals surface area contributed by atoms with Crippen LogP contribution in [0.2, 0.25) is 0 Å². The number of carbonyl (C=O) groups excluding carboxylic acids is 1. The largest absolute Gasteiger partial charge is 0.495 e. The van der Waals surface area contributed by atoms with Crippen LogP contribution in [-0.4, -0.2) is 56.0 Å². The number of nitrogen functional groups attached to an aromatic ring is 1. The van der Waals surface area contributed by atoms with Crippen LogP contribution in [0.1, 0.15) is 26.3 Å². The number of methoxy groups -OCH3 is 1. The summed E-state index contributed by atoms with van der Waals surface area (Å²) in [5.74, 6) is 0.661. The van der Waals surface area contributed by atoms with Crippen LogP contribution >= 0.6 is 0 Å². The van der Waals surface area contributed by atoms with Crippen LogP contribution in [-0.2, 0) is 16.1 Å². The normalized spacial score (nSPS) is 20.4. The number of amides is 1. The van der Waals surface area contributed by atoms with E-state index in [0.29, 0.717) is 44.3 Å². The molecule has 3 rings (SSSR count). The van der Waals surface area contributed by atoms with Gasteiger partial charge in [-0.05, 0) is 26.8 Å². The van der Waals surface area contributed by atoms with Crippen LogP contribution in [0.25, 0.3) is 0 Å². The van der Waals surface area contributed by atoms with Gasteiger partial charge in [-0.3, -0.25) is 0 Å². The maximum absolute atomic E-state index is 12.4. The van der Waals surface area contributed by atoms with Gasteiger partial charge in [0.15, 0.2) is 0 Å². The summed E-state index contributed by atoms with van der Waals surface area (Å²) in [6, 6.07) is 3.96. The molecule has 7 heteroatoms. The van der Waals surface area contributed by atoms with Crippen molar-refractivity contribution in [3.8, 4) is 5.75 Å². The standard InChI is InChI=1S/C18H27N3O4/c1-18(2,3)25-17(22)20-5-6-21-13(9-20)11-24-10-12-7-14(19)16(23-4)8-15(12)21/h7-8,13H,5-6,9-11,19H2,1-4H3/t13-/m1/s1. The number of ether oxygens (including phenoxy) is 3. The van der Waals surface area contributed by atoms with E-state index in [1.54, 1.807) is 12.0 Å². The zero-order valence-electron chi connectivity index (χ0n) is 15.4. The lowest BCUT2D eigenvalue weighted by molar-refractivity contribution is 0.0172. The zero-order chi connectivity index (χ0) is 18.2. The summed E-state index contributed by atoms with van der Waals surface area (Å²) in [5.41, 5.74) is 8.25. The van der Waals surface area contributed by atoms with Crippen LogP contribution in [0.3, 0.4) is 0 Å². The molecule has 0 spiro atoms. The zero-order valence-corrected chi connectivity index (χ0v) is 15.4. The van der Waals surface area contributed by atoms with Gasteiger partial charge in [0, 0.05) is 37.0 Å². The van der Waals surface area contributed by atoms with Gasteiger partial charge in [0.05, 0.1) is 32.1 Å². The minimum absolute atomic E-state index is 0.0795. The van der Waals surface area contributed by atoms with E-state index in [0.717, 1.165) is 11.3 Å². The second-order valence-electron chi connectivity index (χ2n) is 7.51. The van der Waals surface area contributed by atoms with Gasteiger partial charge in [-0.1, -0.05) is 0 Å². The van der Waals surface area contributed by atoms with Crippen molar-refractivity contribution >= 4 is 17.5 Å². The van der Waals surface area contributed by atoms with Crippen LogP contribution in [0, 0.1) is 0 Å². The Hall–Kier alpha value is -2.15. The first kappa shape index (κ1) is 17.7. The number of nitrogens with zero attached hydrogens (tertiary/aromatic N) is 2. The molecular formula is C18H27N3O4. The van der Waals surface area contributed by atoms with E-state index >= 15 is 0 Å². The number of hydrogen-bond donors (Lipinski definition) is 1. The van der Waals surface area contributed by atoms with E-state index in [1.165, 1.54) is 0 Å². The molecule has 0 aliphatic carbocycles. The van der Waals surface area contributed by atoms with Crippen molar-refractivity contribution in [2.45, 2.75) is 39.0 Å². The predicted octanol–water partition coefficient (Wildman–Crippen LogP) is 2.23. The number of anilines is 2. The number of fused-ring (bicyclic) bond motifs is 3. The summed E-state index contributed by atoms with van der Waals surface area (Å²) in [7, 11) is 1.61. The molecule has 0 bridgehead atoms. The Labute approximate surface area is 148 Å². The SMILES string of the molecule is COc1cc2c(cc1N)COC[C@H]1CN(C(=O)OC(C)(C)C)CCN21. The Balaban J connectivity index is 1.80. The molecule has 2 aliphatic rings. The second kappa shape index (κ2) is 6.63. The first-order chi connectivity index (χ1) is 11.8. The third-order valence-electron chi connectivity index (χ3n) is 4.44. The summed E-state index contributed by atoms with van der Waals surface area (Å²) >= 11 is 0. The van der Waals surface area contributed by atoms with Crippen LogP contribution in [0.4, 0.5) is 16.2 Å². The quantitative estimate of drug-likeness (QED) is 0.784. The highest BCUT2D eigenvalue weighted by Crippen LogP contribution is 2.36. The van der Waals surface area contributed by atoms with E-state index < -0.39 is 5.60 Å². The Morgan fingerprint density at radius 3 is 2.76 bits per heavy atom. The number of benzene rings is 1. The average Bonchev–Trinajstić information content (AvgIpc) is 2.70. The number of nitrogens with two attached hydrogens (primary N) is 1.